The first-order valence-electron chi connectivity index (χ1n) is 4.74. The summed E-state index contributed by atoms with van der Waals surface area (Å²) in [4.78, 5) is 0. The quantitative estimate of drug-likeness (QED) is 0.841. The number of hydrogen-bond donors (Lipinski definition) is 1. The lowest BCUT2D eigenvalue weighted by Crippen LogP contribution is -2.03. The van der Waals surface area contributed by atoms with E-state index >= 15 is 0 Å². The summed E-state index contributed by atoms with van der Waals surface area (Å²) < 4.78 is 42.9. The van der Waals surface area contributed by atoms with Gasteiger partial charge in [-0.2, -0.15) is 0 Å². The lowest BCUT2D eigenvalue weighted by Gasteiger charge is -2.05. The molecular weight excluding hydrogens is 235 g/mol. The van der Waals surface area contributed by atoms with Crippen LogP contribution in [0.5, 0.6) is 0 Å². The maximum atomic E-state index is 12.9. The Morgan fingerprint density at radius 1 is 1.18 bits per heavy atom. The van der Waals surface area contributed by atoms with Gasteiger partial charge in [-0.15, -0.1) is 0 Å². The molecule has 0 bridgehead atoms. The van der Waals surface area contributed by atoms with Gasteiger partial charge in [0.1, 0.15) is 11.4 Å². The zero-order valence-corrected chi connectivity index (χ0v) is 8.80. The molecular formula is C10H8F3N3O. The molecule has 0 saturated carbocycles. The van der Waals surface area contributed by atoms with Crippen LogP contribution in [0, 0.1) is 24.4 Å². The Morgan fingerprint density at radius 2 is 1.82 bits per heavy atom. The average molecular weight is 243 g/mol. The van der Waals surface area contributed by atoms with Crippen molar-refractivity contribution in [3.05, 3.63) is 41.0 Å². The highest BCUT2D eigenvalue weighted by Gasteiger charge is 2.11. The monoisotopic (exact) mass is 243 g/mol. The van der Waals surface area contributed by atoms with Gasteiger partial charge in [-0.25, -0.2) is 17.8 Å². The van der Waals surface area contributed by atoms with Crippen molar-refractivity contribution in [3.8, 4) is 0 Å². The molecule has 1 aromatic carbocycles. The summed E-state index contributed by atoms with van der Waals surface area (Å²) in [7, 11) is 0. The molecule has 1 heterocycles. The highest BCUT2D eigenvalue weighted by molar-refractivity contribution is 5.44. The third-order valence-corrected chi connectivity index (χ3v) is 2.19. The van der Waals surface area contributed by atoms with Crippen LogP contribution in [0.1, 0.15) is 11.4 Å². The maximum Gasteiger partial charge on any atom is 0.194 e. The second-order valence-electron chi connectivity index (χ2n) is 3.40. The van der Waals surface area contributed by atoms with Crippen LogP contribution in [0.4, 0.5) is 18.9 Å². The van der Waals surface area contributed by atoms with Gasteiger partial charge in [0.2, 0.25) is 0 Å². The summed E-state index contributed by atoms with van der Waals surface area (Å²) in [6.07, 6.45) is 0. The SMILES string of the molecule is Cc1nonc1CNc1cc(F)c(F)c(F)c1. The zero-order chi connectivity index (χ0) is 12.4. The molecule has 0 aliphatic carbocycles. The van der Waals surface area contributed by atoms with Crippen LogP contribution in [0.25, 0.3) is 0 Å². The predicted octanol–water partition coefficient (Wildman–Crippen LogP) is 2.41. The minimum Gasteiger partial charge on any atom is -0.379 e. The van der Waals surface area contributed by atoms with Crippen LogP contribution in [-0.4, -0.2) is 10.3 Å². The van der Waals surface area contributed by atoms with Crippen molar-refractivity contribution in [1.29, 1.82) is 0 Å². The van der Waals surface area contributed by atoms with E-state index < -0.39 is 17.5 Å². The number of benzene rings is 1. The van der Waals surface area contributed by atoms with Gasteiger partial charge >= 0.3 is 0 Å². The van der Waals surface area contributed by atoms with Crippen LogP contribution in [-0.2, 0) is 6.54 Å². The fourth-order valence-corrected chi connectivity index (χ4v) is 1.25. The molecule has 0 aliphatic heterocycles. The van der Waals surface area contributed by atoms with E-state index in [1.807, 2.05) is 0 Å². The number of nitrogens with one attached hydrogen (secondary N) is 1. The number of nitrogens with zero attached hydrogens (tertiary/aromatic N) is 2. The van der Waals surface area contributed by atoms with Crippen molar-refractivity contribution in [2.45, 2.75) is 13.5 Å². The van der Waals surface area contributed by atoms with Crippen LogP contribution < -0.4 is 5.32 Å². The summed E-state index contributed by atoms with van der Waals surface area (Å²) in [6.45, 7) is 1.86. The average Bonchev–Trinajstić information content (AvgIpc) is 2.69. The lowest BCUT2D eigenvalue weighted by atomic mass is 10.2. The van der Waals surface area contributed by atoms with E-state index in [2.05, 4.69) is 20.3 Å². The molecule has 0 radical (unpaired) electrons. The molecule has 4 nitrogen and oxygen atoms in total. The van der Waals surface area contributed by atoms with Crippen molar-refractivity contribution in [2.24, 2.45) is 0 Å². The fourth-order valence-electron chi connectivity index (χ4n) is 1.25. The molecule has 17 heavy (non-hydrogen) atoms. The Balaban J connectivity index is 2.12. The van der Waals surface area contributed by atoms with Crippen LogP contribution in [0.2, 0.25) is 0 Å². The van der Waals surface area contributed by atoms with Crippen molar-refractivity contribution in [2.75, 3.05) is 5.32 Å². The molecule has 0 atom stereocenters. The number of halogens is 3. The summed E-state index contributed by atoms with van der Waals surface area (Å²) in [5.41, 5.74) is 1.19. The van der Waals surface area contributed by atoms with Gasteiger partial charge in [-0.05, 0) is 6.92 Å². The zero-order valence-electron chi connectivity index (χ0n) is 8.80. The fraction of sp³-hybridized carbons (Fsp3) is 0.200. The summed E-state index contributed by atoms with van der Waals surface area (Å²) >= 11 is 0. The van der Waals surface area contributed by atoms with Crippen molar-refractivity contribution < 1.29 is 17.8 Å². The standard InChI is InChI=1S/C10H8F3N3O/c1-5-9(16-17-15-5)4-14-6-2-7(11)10(13)8(12)3-6/h2-3,14H,4H2,1H3. The molecule has 0 aliphatic rings. The molecule has 2 aromatic rings. The summed E-state index contributed by atoms with van der Waals surface area (Å²) in [5, 5.41) is 9.81. The van der Waals surface area contributed by atoms with E-state index in [1.165, 1.54) is 0 Å². The van der Waals surface area contributed by atoms with Crippen molar-refractivity contribution in [3.63, 3.8) is 0 Å². The van der Waals surface area contributed by atoms with Gasteiger partial charge in [-0.3, -0.25) is 0 Å². The molecule has 0 fully saturated rings. The Labute approximate surface area is 94.4 Å². The lowest BCUT2D eigenvalue weighted by molar-refractivity contribution is 0.301. The van der Waals surface area contributed by atoms with E-state index in [0.717, 1.165) is 12.1 Å². The molecule has 1 N–H and O–H groups in total. The van der Waals surface area contributed by atoms with Crippen LogP contribution in [0.15, 0.2) is 16.8 Å². The first kappa shape index (κ1) is 11.4. The second kappa shape index (κ2) is 4.44. The van der Waals surface area contributed by atoms with Crippen molar-refractivity contribution >= 4 is 5.69 Å². The normalized spacial score (nSPS) is 10.6. The first-order valence-corrected chi connectivity index (χ1v) is 4.74. The van der Waals surface area contributed by atoms with Crippen LogP contribution in [0.3, 0.4) is 0 Å². The van der Waals surface area contributed by atoms with E-state index in [0.29, 0.717) is 11.4 Å². The largest absolute Gasteiger partial charge is 0.379 e. The Morgan fingerprint density at radius 3 is 2.35 bits per heavy atom. The third kappa shape index (κ3) is 2.38. The van der Waals surface area contributed by atoms with E-state index in [4.69, 9.17) is 0 Å². The summed E-state index contributed by atoms with van der Waals surface area (Å²) in [5.74, 6) is -3.99. The van der Waals surface area contributed by atoms with Gasteiger partial charge in [-0.1, -0.05) is 10.3 Å². The van der Waals surface area contributed by atoms with Gasteiger partial charge in [0.25, 0.3) is 0 Å². The Kier molecular flexibility index (Phi) is 2.99. The molecule has 90 valence electrons. The third-order valence-electron chi connectivity index (χ3n) is 2.19. The number of rotatable bonds is 3. The second-order valence-corrected chi connectivity index (χ2v) is 3.40. The van der Waals surface area contributed by atoms with E-state index in [9.17, 15) is 13.2 Å². The Hall–Kier alpha value is -2.05. The van der Waals surface area contributed by atoms with E-state index in [-0.39, 0.29) is 12.2 Å². The number of anilines is 1. The highest BCUT2D eigenvalue weighted by atomic mass is 19.2. The van der Waals surface area contributed by atoms with E-state index in [1.54, 1.807) is 6.92 Å². The maximum absolute atomic E-state index is 12.9. The molecule has 2 rings (SSSR count). The minimum atomic E-state index is -1.49. The summed E-state index contributed by atoms with van der Waals surface area (Å²) in [6, 6.07) is 1.72. The predicted molar refractivity (Wildman–Crippen MR) is 52.7 cm³/mol. The Bertz CT molecular complexity index is 518. The number of hydrogen-bond acceptors (Lipinski definition) is 4. The number of aromatic nitrogens is 2. The molecule has 1 aromatic heterocycles. The van der Waals surface area contributed by atoms with Gasteiger partial charge in [0, 0.05) is 17.8 Å². The van der Waals surface area contributed by atoms with Crippen molar-refractivity contribution in [1.82, 2.24) is 10.3 Å². The first-order chi connectivity index (χ1) is 8.08. The smallest absolute Gasteiger partial charge is 0.194 e. The molecule has 0 saturated heterocycles. The van der Waals surface area contributed by atoms with Gasteiger partial charge in [0.05, 0.1) is 6.54 Å². The highest BCUT2D eigenvalue weighted by Crippen LogP contribution is 2.18. The molecule has 7 heteroatoms. The topological polar surface area (TPSA) is 51.0 Å². The molecule has 0 amide bonds. The minimum absolute atomic E-state index is 0.115. The number of aryl methyl sites for hydroxylation is 1. The molecule has 0 spiro atoms. The van der Waals surface area contributed by atoms with Gasteiger partial charge < -0.3 is 5.32 Å². The van der Waals surface area contributed by atoms with Gasteiger partial charge in [0.15, 0.2) is 17.5 Å². The molecule has 0 unspecified atom stereocenters. The van der Waals surface area contributed by atoms with Crippen LogP contribution >= 0.6 is 0 Å².